The molecule has 0 aromatic heterocycles. The molecule has 176 valence electrons. The smallest absolute Gasteiger partial charge is 0.269 e. The number of fused-ring (bicyclic) bond motifs is 1. The molecule has 0 radical (unpaired) electrons. The molecule has 0 fully saturated rings. The minimum Gasteiger partial charge on any atom is -0.350 e. The van der Waals surface area contributed by atoms with Crippen molar-refractivity contribution in [2.75, 3.05) is 6.54 Å². The van der Waals surface area contributed by atoms with Crippen LogP contribution in [0.5, 0.6) is 0 Å². The highest BCUT2D eigenvalue weighted by Gasteiger charge is 2.43. The average molecular weight is 492 g/mol. The van der Waals surface area contributed by atoms with Crippen molar-refractivity contribution < 1.29 is 22.8 Å². The standard InChI is InChI=1S/C23H26ClN3O5S/c1-15(21(29)25-23(2,3)4)26(13-16-8-7-9-17(24)12-16)20(28)14-27-22(30)18-10-5-6-11-19(18)33(27,31)32/h5-12,15H,13-14H2,1-4H3,(H,25,29). The van der Waals surface area contributed by atoms with Crippen LogP contribution in [0.3, 0.4) is 0 Å². The molecule has 0 bridgehead atoms. The Morgan fingerprint density at radius 1 is 1.12 bits per heavy atom. The lowest BCUT2D eigenvalue weighted by Crippen LogP contribution is -2.54. The zero-order valence-electron chi connectivity index (χ0n) is 18.8. The summed E-state index contributed by atoms with van der Waals surface area (Å²) in [4.78, 5) is 40.0. The van der Waals surface area contributed by atoms with Crippen LogP contribution in [0.1, 0.15) is 43.6 Å². The van der Waals surface area contributed by atoms with Crippen molar-refractivity contribution >= 4 is 39.3 Å². The van der Waals surface area contributed by atoms with Crippen molar-refractivity contribution in [1.82, 2.24) is 14.5 Å². The van der Waals surface area contributed by atoms with E-state index < -0.39 is 45.9 Å². The normalized spacial score (nSPS) is 15.7. The number of carbonyl (C=O) groups is 3. The van der Waals surface area contributed by atoms with Gasteiger partial charge in [-0.1, -0.05) is 35.9 Å². The third kappa shape index (κ3) is 5.36. The lowest BCUT2D eigenvalue weighted by atomic mass is 10.1. The van der Waals surface area contributed by atoms with Crippen LogP contribution in [-0.4, -0.2) is 53.5 Å². The van der Waals surface area contributed by atoms with Gasteiger partial charge in [-0.25, -0.2) is 12.7 Å². The molecule has 1 unspecified atom stereocenters. The molecular formula is C23H26ClN3O5S. The monoisotopic (exact) mass is 491 g/mol. The number of nitrogens with zero attached hydrogens (tertiary/aromatic N) is 2. The summed E-state index contributed by atoms with van der Waals surface area (Å²) in [6.07, 6.45) is 0. The van der Waals surface area contributed by atoms with Crippen LogP contribution in [0.15, 0.2) is 53.4 Å². The SMILES string of the molecule is CC(C(=O)NC(C)(C)C)N(Cc1cccc(Cl)c1)C(=O)CN1C(=O)c2ccccc2S1(=O)=O. The number of carbonyl (C=O) groups excluding carboxylic acids is 3. The molecular weight excluding hydrogens is 466 g/mol. The highest BCUT2D eigenvalue weighted by atomic mass is 35.5. The first kappa shape index (κ1) is 24.7. The molecule has 1 atom stereocenters. The minimum absolute atomic E-state index is 0.00709. The molecule has 1 aliphatic heterocycles. The van der Waals surface area contributed by atoms with E-state index in [-0.39, 0.29) is 17.0 Å². The molecule has 0 spiro atoms. The van der Waals surface area contributed by atoms with Gasteiger partial charge in [0.15, 0.2) is 0 Å². The molecule has 0 saturated carbocycles. The largest absolute Gasteiger partial charge is 0.350 e. The van der Waals surface area contributed by atoms with Crippen molar-refractivity contribution in [2.45, 2.75) is 50.7 Å². The van der Waals surface area contributed by atoms with Gasteiger partial charge in [-0.15, -0.1) is 0 Å². The van der Waals surface area contributed by atoms with Gasteiger partial charge >= 0.3 is 0 Å². The van der Waals surface area contributed by atoms with Gasteiger partial charge in [-0.2, -0.15) is 0 Å². The number of halogens is 1. The first-order chi connectivity index (χ1) is 15.3. The van der Waals surface area contributed by atoms with E-state index in [1.54, 1.807) is 37.3 Å². The predicted octanol–water partition coefficient (Wildman–Crippen LogP) is 2.82. The molecule has 8 nitrogen and oxygen atoms in total. The second-order valence-electron chi connectivity index (χ2n) is 8.88. The summed E-state index contributed by atoms with van der Waals surface area (Å²) in [7, 11) is -4.16. The van der Waals surface area contributed by atoms with Crippen LogP contribution < -0.4 is 5.32 Å². The van der Waals surface area contributed by atoms with Gasteiger partial charge < -0.3 is 10.2 Å². The van der Waals surface area contributed by atoms with Crippen molar-refractivity contribution in [3.05, 3.63) is 64.7 Å². The van der Waals surface area contributed by atoms with Crippen molar-refractivity contribution in [3.8, 4) is 0 Å². The van der Waals surface area contributed by atoms with Gasteiger partial charge in [0, 0.05) is 17.1 Å². The lowest BCUT2D eigenvalue weighted by molar-refractivity contribution is -0.141. The quantitative estimate of drug-likeness (QED) is 0.669. The number of amides is 3. The number of rotatable bonds is 6. The van der Waals surface area contributed by atoms with Crippen molar-refractivity contribution in [1.29, 1.82) is 0 Å². The van der Waals surface area contributed by atoms with Crippen LogP contribution in [0.4, 0.5) is 0 Å². The van der Waals surface area contributed by atoms with E-state index in [4.69, 9.17) is 11.6 Å². The maximum absolute atomic E-state index is 13.3. The van der Waals surface area contributed by atoms with E-state index in [0.717, 1.165) is 0 Å². The van der Waals surface area contributed by atoms with Crippen molar-refractivity contribution in [2.24, 2.45) is 0 Å². The van der Waals surface area contributed by atoms with E-state index in [0.29, 0.717) is 14.9 Å². The van der Waals surface area contributed by atoms with Gasteiger partial charge in [0.2, 0.25) is 11.8 Å². The fourth-order valence-corrected chi connectivity index (χ4v) is 5.22. The second-order valence-corrected chi connectivity index (χ2v) is 11.1. The number of sulfonamides is 1. The van der Waals surface area contributed by atoms with Gasteiger partial charge in [-0.3, -0.25) is 14.4 Å². The molecule has 3 amide bonds. The van der Waals surface area contributed by atoms with Gasteiger partial charge in [0.25, 0.3) is 15.9 Å². The summed E-state index contributed by atoms with van der Waals surface area (Å²) in [6.45, 7) is 6.28. The maximum Gasteiger partial charge on any atom is 0.269 e. The Labute approximate surface area is 198 Å². The summed E-state index contributed by atoms with van der Waals surface area (Å²) in [5.74, 6) is -1.86. The number of benzene rings is 2. The van der Waals surface area contributed by atoms with Gasteiger partial charge in [-0.05, 0) is 57.5 Å². The first-order valence-corrected chi connectivity index (χ1v) is 12.1. The topological polar surface area (TPSA) is 104 Å². The molecule has 2 aromatic carbocycles. The molecule has 1 heterocycles. The summed E-state index contributed by atoms with van der Waals surface area (Å²) < 4.78 is 26.3. The maximum atomic E-state index is 13.3. The molecule has 3 rings (SSSR count). The van der Waals surface area contributed by atoms with Crippen LogP contribution in [0.2, 0.25) is 5.02 Å². The highest BCUT2D eigenvalue weighted by molar-refractivity contribution is 7.90. The van der Waals surface area contributed by atoms with Crippen LogP contribution in [0.25, 0.3) is 0 Å². The zero-order valence-corrected chi connectivity index (χ0v) is 20.4. The Hall–Kier alpha value is -2.91. The summed E-state index contributed by atoms with van der Waals surface area (Å²) in [5, 5.41) is 3.28. The highest BCUT2D eigenvalue weighted by Crippen LogP contribution is 2.30. The van der Waals surface area contributed by atoms with Crippen LogP contribution in [0, 0.1) is 0 Å². The number of hydrogen-bond donors (Lipinski definition) is 1. The van der Waals surface area contributed by atoms with E-state index in [9.17, 15) is 22.8 Å². The Morgan fingerprint density at radius 2 is 1.79 bits per heavy atom. The van der Waals surface area contributed by atoms with E-state index in [1.165, 1.54) is 23.1 Å². The zero-order chi connectivity index (χ0) is 24.6. The van der Waals surface area contributed by atoms with Gasteiger partial charge in [0.1, 0.15) is 17.5 Å². The van der Waals surface area contributed by atoms with E-state index in [2.05, 4.69) is 5.32 Å². The van der Waals surface area contributed by atoms with E-state index in [1.807, 2.05) is 20.8 Å². The Kier molecular flexibility index (Phi) is 6.85. The Bertz CT molecular complexity index is 1210. The molecule has 1 N–H and O–H groups in total. The molecule has 0 aliphatic carbocycles. The molecule has 0 saturated heterocycles. The average Bonchev–Trinajstić information content (AvgIpc) is 2.91. The lowest BCUT2D eigenvalue weighted by Gasteiger charge is -2.32. The van der Waals surface area contributed by atoms with Crippen LogP contribution in [-0.2, 0) is 26.2 Å². The summed E-state index contributed by atoms with van der Waals surface area (Å²) >= 11 is 6.07. The Balaban J connectivity index is 1.91. The molecule has 33 heavy (non-hydrogen) atoms. The fraction of sp³-hybridized carbons (Fsp3) is 0.348. The third-order valence-electron chi connectivity index (χ3n) is 5.10. The summed E-state index contributed by atoms with van der Waals surface area (Å²) in [6, 6.07) is 11.7. The minimum atomic E-state index is -4.16. The first-order valence-electron chi connectivity index (χ1n) is 10.3. The van der Waals surface area contributed by atoms with Crippen molar-refractivity contribution in [3.63, 3.8) is 0 Å². The predicted molar refractivity (Wildman–Crippen MR) is 124 cm³/mol. The second kappa shape index (κ2) is 9.15. The van der Waals surface area contributed by atoms with E-state index >= 15 is 0 Å². The molecule has 1 aliphatic rings. The van der Waals surface area contributed by atoms with Crippen LogP contribution >= 0.6 is 11.6 Å². The third-order valence-corrected chi connectivity index (χ3v) is 7.12. The number of nitrogens with one attached hydrogen (secondary N) is 1. The number of hydrogen-bond acceptors (Lipinski definition) is 5. The molecule has 10 heteroatoms. The fourth-order valence-electron chi connectivity index (χ4n) is 3.49. The van der Waals surface area contributed by atoms with Gasteiger partial charge in [0.05, 0.1) is 5.56 Å². The summed E-state index contributed by atoms with van der Waals surface area (Å²) in [5.41, 5.74) is 0.141. The molecule has 2 aromatic rings. The Morgan fingerprint density at radius 3 is 2.39 bits per heavy atom.